The summed E-state index contributed by atoms with van der Waals surface area (Å²) in [6.07, 6.45) is 4.26. The third-order valence-corrected chi connectivity index (χ3v) is 9.00. The molecule has 44 heavy (non-hydrogen) atoms. The zero-order chi connectivity index (χ0) is 32.2. The van der Waals surface area contributed by atoms with Gasteiger partial charge in [-0.25, -0.2) is 13.1 Å². The molecule has 2 saturated heterocycles. The smallest absolute Gasteiger partial charge is 0.322 e. The number of aliphatic carboxylic acids is 1. The Balaban J connectivity index is 1.35. The number of hydrogen-bond donors (Lipinski definition) is 5. The number of carbonyl (C=O) groups excluding carboxylic acids is 3. The fourth-order valence-electron chi connectivity index (χ4n) is 6.20. The summed E-state index contributed by atoms with van der Waals surface area (Å²) >= 11 is 0. The lowest BCUT2D eigenvalue weighted by Crippen LogP contribution is -2.55. The summed E-state index contributed by atoms with van der Waals surface area (Å²) < 4.78 is 27.0. The Labute approximate surface area is 256 Å². The number of nitrogens with zero attached hydrogens (tertiary/aromatic N) is 3. The highest BCUT2D eigenvalue weighted by molar-refractivity contribution is 7.88. The van der Waals surface area contributed by atoms with E-state index in [1.165, 1.54) is 4.90 Å². The second-order valence-electron chi connectivity index (χ2n) is 11.5. The van der Waals surface area contributed by atoms with Gasteiger partial charge >= 0.3 is 5.97 Å². The summed E-state index contributed by atoms with van der Waals surface area (Å²) in [4.78, 5) is 53.7. The van der Waals surface area contributed by atoms with Crippen molar-refractivity contribution in [1.29, 1.82) is 5.41 Å². The molecule has 2 aromatic rings. The number of aromatic nitrogens is 1. The summed E-state index contributed by atoms with van der Waals surface area (Å²) in [7, 11) is -3.87. The summed E-state index contributed by atoms with van der Waals surface area (Å²) in [6.45, 7) is 3.68. The van der Waals surface area contributed by atoms with Crippen molar-refractivity contribution in [2.45, 2.75) is 76.5 Å². The Morgan fingerprint density at radius 2 is 1.89 bits per heavy atom. The highest BCUT2D eigenvalue weighted by Gasteiger charge is 2.35. The summed E-state index contributed by atoms with van der Waals surface area (Å²) in [6, 6.07) is 5.32. The lowest BCUT2D eigenvalue weighted by Gasteiger charge is -2.34. The van der Waals surface area contributed by atoms with E-state index < -0.39 is 46.3 Å². The number of carboxylic acid groups (broad SMARTS) is 1. The molecule has 0 aliphatic carbocycles. The number of amides is 3. The number of fused-ring (bicyclic) bond motifs is 1. The van der Waals surface area contributed by atoms with Crippen molar-refractivity contribution >= 4 is 50.5 Å². The van der Waals surface area contributed by atoms with Gasteiger partial charge in [-0.2, -0.15) is 0 Å². The zero-order valence-electron chi connectivity index (χ0n) is 25.0. The number of carbonyl (C=O) groups is 4. The number of benzene rings is 1. The van der Waals surface area contributed by atoms with E-state index in [4.69, 9.17) is 11.1 Å². The average molecular weight is 632 g/mol. The van der Waals surface area contributed by atoms with E-state index in [-0.39, 0.29) is 24.3 Å². The molecule has 2 fully saturated rings. The van der Waals surface area contributed by atoms with Gasteiger partial charge < -0.3 is 30.5 Å². The molecular formula is C29H41N7O7S. The van der Waals surface area contributed by atoms with Crippen molar-refractivity contribution in [3.63, 3.8) is 0 Å². The molecule has 0 saturated carbocycles. The maximum Gasteiger partial charge on any atom is 0.322 e. The predicted molar refractivity (Wildman–Crippen MR) is 163 cm³/mol. The lowest BCUT2D eigenvalue weighted by molar-refractivity contribution is -0.145. The minimum absolute atomic E-state index is 0.0204. The van der Waals surface area contributed by atoms with Crippen molar-refractivity contribution in [2.75, 3.05) is 25.9 Å². The Kier molecular flexibility index (Phi) is 10.3. The number of carboxylic acids is 1. The Morgan fingerprint density at radius 3 is 2.55 bits per heavy atom. The molecular weight excluding hydrogens is 590 g/mol. The zero-order valence-corrected chi connectivity index (χ0v) is 25.9. The van der Waals surface area contributed by atoms with E-state index in [9.17, 15) is 32.7 Å². The van der Waals surface area contributed by atoms with Gasteiger partial charge in [0, 0.05) is 42.5 Å². The van der Waals surface area contributed by atoms with Crippen LogP contribution in [-0.2, 0) is 42.2 Å². The molecule has 3 amide bonds. The molecule has 0 bridgehead atoms. The van der Waals surface area contributed by atoms with Crippen LogP contribution in [0.5, 0.6) is 0 Å². The van der Waals surface area contributed by atoms with Crippen molar-refractivity contribution < 1.29 is 32.7 Å². The van der Waals surface area contributed by atoms with Crippen LogP contribution >= 0.6 is 0 Å². The molecule has 0 radical (unpaired) electrons. The molecule has 6 N–H and O–H groups in total. The highest BCUT2D eigenvalue weighted by atomic mass is 32.2. The first-order valence-corrected chi connectivity index (χ1v) is 16.7. The van der Waals surface area contributed by atoms with E-state index in [1.54, 1.807) is 0 Å². The Morgan fingerprint density at radius 1 is 1.16 bits per heavy atom. The summed E-state index contributed by atoms with van der Waals surface area (Å²) in [5.41, 5.74) is 8.53. The molecule has 240 valence electrons. The number of sulfonamides is 1. The van der Waals surface area contributed by atoms with Crippen molar-refractivity contribution in [1.82, 2.24) is 24.4 Å². The van der Waals surface area contributed by atoms with Crippen LogP contribution in [0.1, 0.15) is 56.7 Å². The molecule has 0 unspecified atom stereocenters. The number of rotatable bonds is 13. The third kappa shape index (κ3) is 7.94. The highest BCUT2D eigenvalue weighted by Crippen LogP contribution is 2.26. The first-order chi connectivity index (χ1) is 20.8. The first kappa shape index (κ1) is 32.9. The van der Waals surface area contributed by atoms with E-state index in [0.717, 1.165) is 55.1 Å². The Hall–Kier alpha value is -3.98. The van der Waals surface area contributed by atoms with Crippen molar-refractivity contribution in [3.8, 4) is 0 Å². The fourth-order valence-corrected chi connectivity index (χ4v) is 6.90. The number of nitrogens with two attached hydrogens (primary N) is 1. The quantitative estimate of drug-likeness (QED) is 0.154. The van der Waals surface area contributed by atoms with Crippen LogP contribution in [0.2, 0.25) is 0 Å². The molecule has 1 aromatic carbocycles. The van der Waals surface area contributed by atoms with Gasteiger partial charge in [0.15, 0.2) is 0 Å². The van der Waals surface area contributed by atoms with Crippen LogP contribution in [0.25, 0.3) is 10.9 Å². The van der Waals surface area contributed by atoms with E-state index in [1.807, 2.05) is 27.8 Å². The average Bonchev–Trinajstić information content (AvgIpc) is 3.56. The SMILES string of the molecule is CCn1c(CC[C@@H]2CCCN2C(=O)CN2CCC[C@H](NC(=O)C[C@H](NS(C)(=O)=O)C(=O)O)C2=O)cc2ccc(C(=N)N)cc21. The number of aryl methyl sites for hydroxylation is 2. The van der Waals surface area contributed by atoms with Gasteiger partial charge in [-0.1, -0.05) is 12.1 Å². The fraction of sp³-hybridized carbons (Fsp3) is 0.552. The van der Waals surface area contributed by atoms with Crippen LogP contribution in [-0.4, -0.2) is 101 Å². The van der Waals surface area contributed by atoms with Gasteiger partial charge in [0.1, 0.15) is 17.9 Å². The van der Waals surface area contributed by atoms with Gasteiger partial charge in [0.2, 0.25) is 27.7 Å². The molecule has 3 heterocycles. The number of hydrogen-bond acceptors (Lipinski definition) is 7. The van der Waals surface area contributed by atoms with Crippen LogP contribution in [0, 0.1) is 5.41 Å². The molecule has 4 rings (SSSR count). The van der Waals surface area contributed by atoms with Crippen LogP contribution in [0.3, 0.4) is 0 Å². The number of nitrogen functional groups attached to an aromatic ring is 1. The molecule has 0 spiro atoms. The van der Waals surface area contributed by atoms with Gasteiger partial charge in [-0.15, -0.1) is 0 Å². The van der Waals surface area contributed by atoms with Gasteiger partial charge in [0.25, 0.3) is 0 Å². The number of nitrogens with one attached hydrogen (secondary N) is 3. The molecule has 1 aromatic heterocycles. The van der Waals surface area contributed by atoms with E-state index >= 15 is 0 Å². The van der Waals surface area contributed by atoms with Gasteiger partial charge in [0.05, 0.1) is 19.2 Å². The monoisotopic (exact) mass is 631 g/mol. The predicted octanol–water partition coefficient (Wildman–Crippen LogP) is 0.369. The largest absolute Gasteiger partial charge is 0.480 e. The first-order valence-electron chi connectivity index (χ1n) is 14.8. The second-order valence-corrected chi connectivity index (χ2v) is 13.3. The topological polar surface area (TPSA) is 208 Å². The van der Waals surface area contributed by atoms with E-state index in [0.29, 0.717) is 31.5 Å². The maximum absolute atomic E-state index is 13.4. The number of likely N-dealkylation sites (tertiary alicyclic amines) is 2. The van der Waals surface area contributed by atoms with Gasteiger partial charge in [-0.05, 0) is 63.0 Å². The third-order valence-electron chi connectivity index (χ3n) is 8.28. The minimum atomic E-state index is -3.87. The second kappa shape index (κ2) is 13.8. The molecule has 2 aliphatic heterocycles. The molecule has 3 atom stereocenters. The van der Waals surface area contributed by atoms with Crippen molar-refractivity contribution in [2.24, 2.45) is 5.73 Å². The van der Waals surface area contributed by atoms with Crippen LogP contribution in [0.4, 0.5) is 0 Å². The molecule has 15 heteroatoms. The van der Waals surface area contributed by atoms with Crippen LogP contribution in [0.15, 0.2) is 24.3 Å². The molecule has 2 aliphatic rings. The van der Waals surface area contributed by atoms with Gasteiger partial charge in [-0.3, -0.25) is 24.6 Å². The molecule has 14 nitrogen and oxygen atoms in total. The van der Waals surface area contributed by atoms with Crippen LogP contribution < -0.4 is 15.8 Å². The minimum Gasteiger partial charge on any atom is -0.480 e. The summed E-state index contributed by atoms with van der Waals surface area (Å²) in [5, 5.41) is 20.6. The summed E-state index contributed by atoms with van der Waals surface area (Å²) in [5.74, 6) is -2.84. The Bertz CT molecular complexity index is 1550. The standard InChI is InChI=1S/C29H41N7O7S/c1-3-35-21(14-18-8-9-19(27(30)31)15-24(18)35)11-10-20-6-4-13-36(20)26(38)17-34-12-5-7-22(28(34)39)32-25(37)16-23(29(40)41)33-44(2,42)43/h8-9,14-15,20,22-23,33H,3-7,10-13,16-17H2,1-2H3,(H3,30,31)(H,32,37)(H,40,41)/t20-,22-,23-/m0/s1. The number of amidine groups is 1. The maximum atomic E-state index is 13.4. The normalized spacial score (nSPS) is 19.7. The lowest BCUT2D eigenvalue weighted by atomic mass is 10.0. The van der Waals surface area contributed by atoms with Crippen molar-refractivity contribution in [3.05, 3.63) is 35.5 Å². The number of piperidine rings is 1. The van der Waals surface area contributed by atoms with E-state index in [2.05, 4.69) is 22.9 Å².